The number of halogens is 3. The smallest absolute Gasteiger partial charge is 0.407 e. The van der Waals surface area contributed by atoms with E-state index >= 15 is 0 Å². The monoisotopic (exact) mass is 450 g/mol. The van der Waals surface area contributed by atoms with E-state index in [9.17, 15) is 32.9 Å². The number of piperazine rings is 1. The number of benzene rings is 2. The molecule has 2 aromatic carbocycles. The lowest BCUT2D eigenvalue weighted by molar-refractivity contribution is -0.384. The number of non-ortho nitro benzene ring substituents is 1. The molecule has 0 saturated carbocycles. The predicted octanol–water partition coefficient (Wildman–Crippen LogP) is 2.87. The van der Waals surface area contributed by atoms with E-state index in [1.165, 1.54) is 23.1 Å². The summed E-state index contributed by atoms with van der Waals surface area (Å²) in [6.45, 7) is 0.893. The van der Waals surface area contributed by atoms with Gasteiger partial charge in [-0.15, -0.1) is 0 Å². The summed E-state index contributed by atoms with van der Waals surface area (Å²) in [4.78, 5) is 38.4. The lowest BCUT2D eigenvalue weighted by Crippen LogP contribution is -2.50. The minimum absolute atomic E-state index is 0.00589. The van der Waals surface area contributed by atoms with Crippen LogP contribution in [0.15, 0.2) is 51.7 Å². The molecule has 1 aromatic heterocycles. The van der Waals surface area contributed by atoms with Gasteiger partial charge in [0.05, 0.1) is 22.1 Å². The fourth-order valence-electron chi connectivity index (χ4n) is 3.65. The number of aromatic nitrogens is 1. The van der Waals surface area contributed by atoms with Crippen LogP contribution in [-0.4, -0.2) is 46.5 Å². The highest BCUT2D eigenvalue weighted by Crippen LogP contribution is 2.32. The third kappa shape index (κ3) is 4.15. The lowest BCUT2D eigenvalue weighted by Gasteiger charge is -2.36. The molecule has 32 heavy (non-hydrogen) atoms. The summed E-state index contributed by atoms with van der Waals surface area (Å²) in [5.74, 6) is -1.17. The topological polar surface area (TPSA) is 102 Å². The van der Waals surface area contributed by atoms with Crippen LogP contribution in [-0.2, 0) is 17.5 Å². The van der Waals surface area contributed by atoms with Crippen LogP contribution in [0.2, 0.25) is 0 Å². The van der Waals surface area contributed by atoms with Crippen molar-refractivity contribution in [3.8, 4) is 0 Å². The molecule has 0 N–H and O–H groups in total. The fraction of sp³-hybridized carbons (Fsp3) is 0.300. The minimum atomic E-state index is -4.44. The Morgan fingerprint density at radius 2 is 1.81 bits per heavy atom. The highest BCUT2D eigenvalue weighted by molar-refractivity contribution is 5.81. The summed E-state index contributed by atoms with van der Waals surface area (Å²) in [6.07, 6.45) is -4.44. The first-order valence-electron chi connectivity index (χ1n) is 9.61. The third-order valence-corrected chi connectivity index (χ3v) is 5.33. The van der Waals surface area contributed by atoms with E-state index < -0.39 is 22.4 Å². The third-order valence-electron chi connectivity index (χ3n) is 5.33. The van der Waals surface area contributed by atoms with E-state index in [1.807, 2.05) is 0 Å². The number of anilines is 1. The second kappa shape index (κ2) is 8.02. The summed E-state index contributed by atoms with van der Waals surface area (Å²) < 4.78 is 45.0. The van der Waals surface area contributed by atoms with E-state index in [2.05, 4.69) is 0 Å². The van der Waals surface area contributed by atoms with Crippen molar-refractivity contribution in [2.45, 2.75) is 12.7 Å². The van der Waals surface area contributed by atoms with Crippen molar-refractivity contribution in [2.24, 2.45) is 0 Å². The molecule has 0 unspecified atom stereocenters. The molecule has 9 nitrogen and oxygen atoms in total. The second-order valence-corrected chi connectivity index (χ2v) is 7.28. The van der Waals surface area contributed by atoms with Gasteiger partial charge in [0.2, 0.25) is 5.91 Å². The normalized spacial score (nSPS) is 14.7. The van der Waals surface area contributed by atoms with Gasteiger partial charge in [0.15, 0.2) is 5.58 Å². The number of nitrogens with zero attached hydrogens (tertiary/aromatic N) is 4. The number of hydrogen-bond donors (Lipinski definition) is 0. The number of hydrogen-bond acceptors (Lipinski definition) is 6. The number of nitro benzene ring substituents is 1. The summed E-state index contributed by atoms with van der Waals surface area (Å²) in [5, 5.41) is 10.9. The Labute approximate surface area is 178 Å². The van der Waals surface area contributed by atoms with Gasteiger partial charge in [-0.1, -0.05) is 6.07 Å². The molecule has 1 saturated heterocycles. The van der Waals surface area contributed by atoms with Gasteiger partial charge in [-0.3, -0.25) is 19.5 Å². The average molecular weight is 450 g/mol. The number of oxazole rings is 1. The predicted molar refractivity (Wildman–Crippen MR) is 107 cm³/mol. The first-order chi connectivity index (χ1) is 15.1. The van der Waals surface area contributed by atoms with Crippen molar-refractivity contribution in [2.75, 3.05) is 31.1 Å². The molecular weight excluding hydrogens is 433 g/mol. The van der Waals surface area contributed by atoms with Crippen molar-refractivity contribution in [3.63, 3.8) is 0 Å². The highest BCUT2D eigenvalue weighted by atomic mass is 19.4. The highest BCUT2D eigenvalue weighted by Gasteiger charge is 2.31. The molecule has 0 aliphatic carbocycles. The number of nitro groups is 1. The SMILES string of the molecule is O=C(Cn1c(=O)oc2cc([N+](=O)[O-])ccc21)N1CCN(c2cccc(C(F)(F)F)c2)CC1. The summed E-state index contributed by atoms with van der Waals surface area (Å²) in [5.41, 5.74) is -0.288. The molecule has 0 radical (unpaired) electrons. The Morgan fingerprint density at radius 1 is 1.09 bits per heavy atom. The summed E-state index contributed by atoms with van der Waals surface area (Å²) in [6, 6.07) is 8.69. The van der Waals surface area contributed by atoms with Crippen molar-refractivity contribution in [1.29, 1.82) is 0 Å². The Balaban J connectivity index is 1.44. The number of amides is 1. The first kappa shape index (κ1) is 21.4. The molecular formula is C20H17F3N4O5. The average Bonchev–Trinajstić information content (AvgIpc) is 3.07. The number of fused-ring (bicyclic) bond motifs is 1. The maximum absolute atomic E-state index is 12.9. The molecule has 2 heterocycles. The van der Waals surface area contributed by atoms with E-state index in [4.69, 9.17) is 4.42 Å². The molecule has 1 fully saturated rings. The van der Waals surface area contributed by atoms with Gasteiger partial charge >= 0.3 is 11.9 Å². The van der Waals surface area contributed by atoms with E-state index in [0.717, 1.165) is 22.8 Å². The Hall–Kier alpha value is -3.83. The molecule has 0 atom stereocenters. The zero-order valence-electron chi connectivity index (χ0n) is 16.5. The van der Waals surface area contributed by atoms with Crippen LogP contribution in [0.5, 0.6) is 0 Å². The van der Waals surface area contributed by atoms with Crippen LogP contribution in [0.25, 0.3) is 11.1 Å². The Morgan fingerprint density at radius 3 is 2.47 bits per heavy atom. The van der Waals surface area contributed by atoms with Gasteiger partial charge in [-0.05, 0) is 24.3 Å². The number of alkyl halides is 3. The van der Waals surface area contributed by atoms with Crippen molar-refractivity contribution in [3.05, 3.63) is 68.7 Å². The van der Waals surface area contributed by atoms with Crippen LogP contribution < -0.4 is 10.7 Å². The van der Waals surface area contributed by atoms with Gasteiger partial charge in [0, 0.05) is 37.9 Å². The molecule has 0 spiro atoms. The Bertz CT molecular complexity index is 1240. The summed E-state index contributed by atoms with van der Waals surface area (Å²) >= 11 is 0. The largest absolute Gasteiger partial charge is 0.420 e. The van der Waals surface area contributed by atoms with Crippen LogP contribution in [0.1, 0.15) is 5.56 Å². The van der Waals surface area contributed by atoms with Crippen molar-refractivity contribution in [1.82, 2.24) is 9.47 Å². The quantitative estimate of drug-likeness (QED) is 0.448. The zero-order chi connectivity index (χ0) is 23.0. The van der Waals surface area contributed by atoms with Crippen molar-refractivity contribution >= 4 is 28.4 Å². The lowest BCUT2D eigenvalue weighted by atomic mass is 10.1. The van der Waals surface area contributed by atoms with E-state index in [1.54, 1.807) is 11.0 Å². The second-order valence-electron chi connectivity index (χ2n) is 7.28. The number of carbonyl (C=O) groups is 1. The molecule has 1 aliphatic rings. The molecule has 12 heteroatoms. The van der Waals surface area contributed by atoms with Gasteiger partial charge in [0.25, 0.3) is 5.69 Å². The van der Waals surface area contributed by atoms with Crippen LogP contribution in [0.4, 0.5) is 24.5 Å². The van der Waals surface area contributed by atoms with Crippen LogP contribution in [0.3, 0.4) is 0 Å². The molecule has 3 aromatic rings. The van der Waals surface area contributed by atoms with Gasteiger partial charge in [0.1, 0.15) is 6.54 Å². The zero-order valence-corrected chi connectivity index (χ0v) is 16.5. The number of carbonyl (C=O) groups excluding carboxylic acids is 1. The van der Waals surface area contributed by atoms with Gasteiger partial charge in [-0.25, -0.2) is 4.79 Å². The summed E-state index contributed by atoms with van der Waals surface area (Å²) in [7, 11) is 0. The first-order valence-corrected chi connectivity index (χ1v) is 9.61. The van der Waals surface area contributed by atoms with Crippen LogP contribution >= 0.6 is 0 Å². The Kier molecular flexibility index (Phi) is 5.36. The van der Waals surface area contributed by atoms with Crippen LogP contribution in [0, 0.1) is 10.1 Å². The standard InChI is InChI=1S/C20H17F3N4O5/c21-20(22,23)13-2-1-3-14(10-13)24-6-8-25(9-7-24)18(28)12-26-16-5-4-15(27(30)31)11-17(16)32-19(26)29/h1-5,10-11H,6-9,12H2. The van der Waals surface area contributed by atoms with E-state index in [0.29, 0.717) is 18.8 Å². The molecule has 1 aliphatic heterocycles. The van der Waals surface area contributed by atoms with E-state index in [-0.39, 0.29) is 42.3 Å². The fourth-order valence-corrected chi connectivity index (χ4v) is 3.65. The maximum atomic E-state index is 12.9. The van der Waals surface area contributed by atoms with Gasteiger partial charge < -0.3 is 14.2 Å². The molecule has 0 bridgehead atoms. The van der Waals surface area contributed by atoms with Gasteiger partial charge in [-0.2, -0.15) is 13.2 Å². The maximum Gasteiger partial charge on any atom is 0.420 e. The molecule has 168 valence electrons. The molecule has 1 amide bonds. The minimum Gasteiger partial charge on any atom is -0.407 e. The number of rotatable bonds is 4. The van der Waals surface area contributed by atoms with Crippen molar-refractivity contribution < 1.29 is 27.3 Å². The molecule has 4 rings (SSSR count).